The van der Waals surface area contributed by atoms with Gasteiger partial charge in [-0.2, -0.15) is 0 Å². The number of hydrogen-bond donors (Lipinski definition) is 1. The second kappa shape index (κ2) is 9.44. The topological polar surface area (TPSA) is 66.9 Å². The summed E-state index contributed by atoms with van der Waals surface area (Å²) >= 11 is 0. The average Bonchev–Trinajstić information content (AvgIpc) is 2.61. The van der Waals surface area contributed by atoms with Crippen LogP contribution in [0.15, 0.2) is 18.3 Å². The van der Waals surface area contributed by atoms with E-state index >= 15 is 0 Å². The minimum Gasteiger partial charge on any atom is -0.475 e. The van der Waals surface area contributed by atoms with Crippen molar-refractivity contribution in [3.63, 3.8) is 0 Å². The summed E-state index contributed by atoms with van der Waals surface area (Å²) in [6.07, 6.45) is 3.91. The molecule has 7 nitrogen and oxygen atoms in total. The molecule has 2 amide bonds. The summed E-state index contributed by atoms with van der Waals surface area (Å²) < 4.78 is 10.3. The maximum absolute atomic E-state index is 12.3. The number of piperidine rings is 1. The first-order chi connectivity index (χ1) is 11.6. The number of likely N-dealkylation sites (tertiary alicyclic amines) is 1. The number of hydrogen-bond acceptors (Lipinski definition) is 5. The van der Waals surface area contributed by atoms with Gasteiger partial charge in [-0.05, 0) is 32.5 Å². The molecule has 2 heterocycles. The zero-order chi connectivity index (χ0) is 17.4. The molecule has 1 aliphatic rings. The Hall–Kier alpha value is -1.86. The van der Waals surface area contributed by atoms with Crippen molar-refractivity contribution in [2.45, 2.75) is 25.4 Å². The van der Waals surface area contributed by atoms with Crippen molar-refractivity contribution >= 4 is 6.03 Å². The highest BCUT2D eigenvalue weighted by atomic mass is 16.5. The molecule has 0 bridgehead atoms. The van der Waals surface area contributed by atoms with E-state index in [1.165, 1.54) is 0 Å². The predicted octanol–water partition coefficient (Wildman–Crippen LogP) is 1.34. The third kappa shape index (κ3) is 5.65. The SMILES string of the molecule is COCCOc1ccc(CNC(=O)N2CCCC(N(C)C)C2)cn1. The van der Waals surface area contributed by atoms with E-state index in [0.29, 0.717) is 31.7 Å². The number of methoxy groups -OCH3 is 1. The quantitative estimate of drug-likeness (QED) is 0.761. The highest BCUT2D eigenvalue weighted by Gasteiger charge is 2.24. The third-order valence-electron chi connectivity index (χ3n) is 4.19. The summed E-state index contributed by atoms with van der Waals surface area (Å²) in [6, 6.07) is 4.14. The number of pyridine rings is 1. The molecular weight excluding hydrogens is 308 g/mol. The van der Waals surface area contributed by atoms with E-state index in [-0.39, 0.29) is 6.03 Å². The standard InChI is InChI=1S/C17H28N4O3/c1-20(2)15-5-4-8-21(13-15)17(22)19-12-14-6-7-16(18-11-14)24-10-9-23-3/h6-7,11,15H,4-5,8-10,12-13H2,1-3H3,(H,19,22). The minimum absolute atomic E-state index is 0.0121. The third-order valence-corrected chi connectivity index (χ3v) is 4.19. The maximum Gasteiger partial charge on any atom is 0.317 e. The van der Waals surface area contributed by atoms with Crippen LogP contribution >= 0.6 is 0 Å². The van der Waals surface area contributed by atoms with Gasteiger partial charge in [0, 0.05) is 45.0 Å². The number of likely N-dealkylation sites (N-methyl/N-ethyl adjacent to an activating group) is 1. The van der Waals surface area contributed by atoms with Gasteiger partial charge in [0.1, 0.15) is 6.61 Å². The lowest BCUT2D eigenvalue weighted by molar-refractivity contribution is 0.139. The van der Waals surface area contributed by atoms with Crippen LogP contribution in [0.2, 0.25) is 0 Å². The minimum atomic E-state index is -0.0121. The number of urea groups is 1. The number of nitrogens with one attached hydrogen (secondary N) is 1. The molecule has 0 aromatic carbocycles. The second-order valence-corrected chi connectivity index (χ2v) is 6.21. The zero-order valence-electron chi connectivity index (χ0n) is 14.8. The van der Waals surface area contributed by atoms with Gasteiger partial charge in [-0.25, -0.2) is 9.78 Å². The molecule has 1 aromatic heterocycles. The number of amides is 2. The van der Waals surface area contributed by atoms with Gasteiger partial charge in [0.15, 0.2) is 0 Å². The highest BCUT2D eigenvalue weighted by molar-refractivity contribution is 5.74. The van der Waals surface area contributed by atoms with Crippen molar-refractivity contribution in [2.24, 2.45) is 0 Å². The number of rotatable bonds is 7. The van der Waals surface area contributed by atoms with Crippen molar-refractivity contribution in [3.8, 4) is 5.88 Å². The largest absolute Gasteiger partial charge is 0.475 e. The Morgan fingerprint density at radius 3 is 2.92 bits per heavy atom. The van der Waals surface area contributed by atoms with Crippen molar-refractivity contribution in [2.75, 3.05) is 47.5 Å². The lowest BCUT2D eigenvalue weighted by Crippen LogP contribution is -2.50. The maximum atomic E-state index is 12.3. The Kier molecular flexibility index (Phi) is 7.27. The van der Waals surface area contributed by atoms with E-state index in [9.17, 15) is 4.79 Å². The fraction of sp³-hybridized carbons (Fsp3) is 0.647. The van der Waals surface area contributed by atoms with Crippen molar-refractivity contribution < 1.29 is 14.3 Å². The van der Waals surface area contributed by atoms with Gasteiger partial charge in [0.25, 0.3) is 0 Å². The lowest BCUT2D eigenvalue weighted by Gasteiger charge is -2.36. The molecule has 0 aliphatic carbocycles. The van der Waals surface area contributed by atoms with Crippen LogP contribution in [-0.2, 0) is 11.3 Å². The van der Waals surface area contributed by atoms with E-state index in [4.69, 9.17) is 9.47 Å². The number of carbonyl (C=O) groups excluding carboxylic acids is 1. The van der Waals surface area contributed by atoms with Gasteiger partial charge >= 0.3 is 6.03 Å². The highest BCUT2D eigenvalue weighted by Crippen LogP contribution is 2.14. The molecule has 1 N–H and O–H groups in total. The Morgan fingerprint density at radius 1 is 1.42 bits per heavy atom. The Bertz CT molecular complexity index is 507. The molecule has 0 saturated carbocycles. The van der Waals surface area contributed by atoms with Gasteiger partial charge < -0.3 is 24.6 Å². The predicted molar refractivity (Wildman–Crippen MR) is 92.1 cm³/mol. The molecule has 2 rings (SSSR count). The number of aromatic nitrogens is 1. The van der Waals surface area contributed by atoms with Crippen LogP contribution in [0.4, 0.5) is 4.79 Å². The van der Waals surface area contributed by atoms with Crippen LogP contribution < -0.4 is 10.1 Å². The molecule has 1 saturated heterocycles. The lowest BCUT2D eigenvalue weighted by atomic mass is 10.1. The summed E-state index contributed by atoms with van der Waals surface area (Å²) in [5.74, 6) is 0.562. The van der Waals surface area contributed by atoms with Crippen molar-refractivity contribution in [1.29, 1.82) is 0 Å². The van der Waals surface area contributed by atoms with Crippen LogP contribution in [0, 0.1) is 0 Å². The summed E-state index contributed by atoms with van der Waals surface area (Å²) in [5.41, 5.74) is 0.948. The van der Waals surface area contributed by atoms with E-state index in [0.717, 1.165) is 31.5 Å². The van der Waals surface area contributed by atoms with E-state index < -0.39 is 0 Å². The number of nitrogens with zero attached hydrogens (tertiary/aromatic N) is 3. The van der Waals surface area contributed by atoms with Crippen LogP contribution in [0.25, 0.3) is 0 Å². The number of carbonyl (C=O) groups is 1. The van der Waals surface area contributed by atoms with Crippen LogP contribution in [0.5, 0.6) is 5.88 Å². The fourth-order valence-corrected chi connectivity index (χ4v) is 2.68. The molecule has 1 aliphatic heterocycles. The molecule has 24 heavy (non-hydrogen) atoms. The van der Waals surface area contributed by atoms with Gasteiger partial charge in [0.2, 0.25) is 5.88 Å². The van der Waals surface area contributed by atoms with E-state index in [2.05, 4.69) is 29.3 Å². The summed E-state index contributed by atoms with van der Waals surface area (Å²) in [6.45, 7) is 3.07. The number of ether oxygens (including phenoxy) is 2. The first-order valence-electron chi connectivity index (χ1n) is 8.36. The molecule has 7 heteroatoms. The normalized spacial score (nSPS) is 17.8. The molecule has 0 radical (unpaired) electrons. The Labute approximate surface area is 143 Å². The summed E-state index contributed by atoms with van der Waals surface area (Å²) in [4.78, 5) is 20.6. The first-order valence-corrected chi connectivity index (χ1v) is 8.36. The molecule has 1 atom stereocenters. The van der Waals surface area contributed by atoms with Crippen molar-refractivity contribution in [1.82, 2.24) is 20.1 Å². The molecular formula is C17H28N4O3. The smallest absolute Gasteiger partial charge is 0.317 e. The van der Waals surface area contributed by atoms with Gasteiger partial charge in [0.05, 0.1) is 6.61 Å². The molecule has 1 unspecified atom stereocenters. The fourth-order valence-electron chi connectivity index (χ4n) is 2.68. The monoisotopic (exact) mass is 336 g/mol. The van der Waals surface area contributed by atoms with Crippen LogP contribution in [-0.4, -0.2) is 74.4 Å². The average molecular weight is 336 g/mol. The van der Waals surface area contributed by atoms with Crippen LogP contribution in [0.1, 0.15) is 18.4 Å². The second-order valence-electron chi connectivity index (χ2n) is 6.21. The van der Waals surface area contributed by atoms with Gasteiger partial charge in [-0.15, -0.1) is 0 Å². The van der Waals surface area contributed by atoms with Crippen LogP contribution in [0.3, 0.4) is 0 Å². The van der Waals surface area contributed by atoms with Gasteiger partial charge in [-0.3, -0.25) is 0 Å². The summed E-state index contributed by atoms with van der Waals surface area (Å²) in [7, 11) is 5.76. The Morgan fingerprint density at radius 2 is 2.25 bits per heavy atom. The molecule has 134 valence electrons. The Balaban J connectivity index is 1.77. The van der Waals surface area contributed by atoms with E-state index in [1.807, 2.05) is 11.0 Å². The molecule has 1 aromatic rings. The van der Waals surface area contributed by atoms with E-state index in [1.54, 1.807) is 19.4 Å². The zero-order valence-corrected chi connectivity index (χ0v) is 14.8. The molecule has 0 spiro atoms. The van der Waals surface area contributed by atoms with Gasteiger partial charge in [-0.1, -0.05) is 6.07 Å². The molecule has 1 fully saturated rings. The van der Waals surface area contributed by atoms with Crippen molar-refractivity contribution in [3.05, 3.63) is 23.9 Å². The summed E-state index contributed by atoms with van der Waals surface area (Å²) in [5, 5.41) is 2.97. The first kappa shape index (κ1) is 18.5.